The number of hydrogen-bond donors (Lipinski definition) is 1. The van der Waals surface area contributed by atoms with Crippen LogP contribution in [-0.4, -0.2) is 22.1 Å². The van der Waals surface area contributed by atoms with E-state index in [4.69, 9.17) is 5.11 Å². The number of hydrogen-bond acceptors (Lipinski definition) is 2. The molecule has 0 spiro atoms. The predicted molar refractivity (Wildman–Crippen MR) is 76.0 cm³/mol. The maximum Gasteiger partial charge on any atom is 0.306 e. The second-order valence-corrected chi connectivity index (χ2v) is 6.33. The maximum absolute atomic E-state index is 10.9. The van der Waals surface area contributed by atoms with Gasteiger partial charge in [-0.05, 0) is 43.4 Å². The molecule has 1 aliphatic rings. The predicted octanol–water partition coefficient (Wildman–Crippen LogP) is 3.61. The summed E-state index contributed by atoms with van der Waals surface area (Å²) in [5.74, 6) is 0.450. The van der Waals surface area contributed by atoms with Crippen molar-refractivity contribution in [2.75, 3.05) is 5.75 Å². The number of carboxylic acids is 1. The molecule has 1 N–H and O–H groups in total. The fourth-order valence-corrected chi connectivity index (χ4v) is 3.76. The van der Waals surface area contributed by atoms with Crippen molar-refractivity contribution in [1.29, 1.82) is 0 Å². The van der Waals surface area contributed by atoms with E-state index in [2.05, 4.69) is 24.3 Å². The summed E-state index contributed by atoms with van der Waals surface area (Å²) >= 11 is 2.01. The minimum Gasteiger partial charge on any atom is -0.481 e. The topological polar surface area (TPSA) is 37.3 Å². The number of aryl methyl sites for hydroxylation is 1. The van der Waals surface area contributed by atoms with E-state index in [0.29, 0.717) is 5.25 Å². The Bertz CT molecular complexity index is 369. The highest BCUT2D eigenvalue weighted by Crippen LogP contribution is 2.32. The first-order chi connectivity index (χ1) is 8.75. The van der Waals surface area contributed by atoms with Crippen molar-refractivity contribution in [1.82, 2.24) is 0 Å². The third kappa shape index (κ3) is 4.05. The van der Waals surface area contributed by atoms with Crippen LogP contribution in [0.15, 0.2) is 30.3 Å². The van der Waals surface area contributed by atoms with Crippen LogP contribution in [-0.2, 0) is 11.2 Å². The van der Waals surface area contributed by atoms with E-state index in [1.807, 2.05) is 17.8 Å². The van der Waals surface area contributed by atoms with Crippen LogP contribution in [0.1, 0.15) is 31.2 Å². The molecule has 1 aromatic carbocycles. The fourth-order valence-electron chi connectivity index (χ4n) is 2.46. The molecule has 0 heterocycles. The molecule has 1 saturated carbocycles. The van der Waals surface area contributed by atoms with E-state index in [1.165, 1.54) is 5.56 Å². The molecule has 0 aromatic heterocycles. The second kappa shape index (κ2) is 6.83. The van der Waals surface area contributed by atoms with E-state index in [-0.39, 0.29) is 5.92 Å². The first kappa shape index (κ1) is 13.5. The highest BCUT2D eigenvalue weighted by Gasteiger charge is 2.25. The summed E-state index contributed by atoms with van der Waals surface area (Å²) in [7, 11) is 0. The molecule has 2 rings (SSSR count). The van der Waals surface area contributed by atoms with Gasteiger partial charge in [-0.1, -0.05) is 30.3 Å². The van der Waals surface area contributed by atoms with Gasteiger partial charge in [0.15, 0.2) is 0 Å². The van der Waals surface area contributed by atoms with E-state index in [9.17, 15) is 4.79 Å². The van der Waals surface area contributed by atoms with Crippen LogP contribution in [0.3, 0.4) is 0 Å². The van der Waals surface area contributed by atoms with Gasteiger partial charge in [0.25, 0.3) is 0 Å². The second-order valence-electron chi connectivity index (χ2n) is 4.92. The zero-order chi connectivity index (χ0) is 12.8. The zero-order valence-corrected chi connectivity index (χ0v) is 11.4. The molecule has 1 aromatic rings. The smallest absolute Gasteiger partial charge is 0.306 e. The molecule has 18 heavy (non-hydrogen) atoms. The summed E-state index contributed by atoms with van der Waals surface area (Å²) in [5, 5.41) is 9.61. The molecule has 0 radical (unpaired) electrons. The van der Waals surface area contributed by atoms with Crippen molar-refractivity contribution in [2.45, 2.75) is 37.4 Å². The molecule has 1 fully saturated rings. The lowest BCUT2D eigenvalue weighted by molar-refractivity contribution is -0.142. The minimum atomic E-state index is -0.609. The molecule has 0 aliphatic heterocycles. The average molecular weight is 264 g/mol. The lowest BCUT2D eigenvalue weighted by Gasteiger charge is -2.25. The van der Waals surface area contributed by atoms with Crippen molar-refractivity contribution in [2.24, 2.45) is 5.92 Å². The van der Waals surface area contributed by atoms with Crippen LogP contribution in [0, 0.1) is 5.92 Å². The van der Waals surface area contributed by atoms with E-state index in [1.54, 1.807) is 0 Å². The van der Waals surface area contributed by atoms with Gasteiger partial charge in [-0.2, -0.15) is 11.8 Å². The highest BCUT2D eigenvalue weighted by molar-refractivity contribution is 7.99. The molecule has 0 bridgehead atoms. The Morgan fingerprint density at radius 1 is 1.17 bits per heavy atom. The molecular weight excluding hydrogens is 244 g/mol. The van der Waals surface area contributed by atoms with E-state index in [0.717, 1.165) is 37.9 Å². The summed E-state index contributed by atoms with van der Waals surface area (Å²) in [5.41, 5.74) is 1.39. The molecule has 98 valence electrons. The maximum atomic E-state index is 10.9. The molecule has 0 amide bonds. The van der Waals surface area contributed by atoms with Gasteiger partial charge in [-0.25, -0.2) is 0 Å². The van der Waals surface area contributed by atoms with Gasteiger partial charge in [0.2, 0.25) is 0 Å². The highest BCUT2D eigenvalue weighted by atomic mass is 32.2. The Labute approximate surface area is 113 Å². The molecule has 3 heteroatoms. The van der Waals surface area contributed by atoms with Crippen LogP contribution in [0.4, 0.5) is 0 Å². The van der Waals surface area contributed by atoms with Crippen LogP contribution >= 0.6 is 11.8 Å². The van der Waals surface area contributed by atoms with Crippen LogP contribution in [0.2, 0.25) is 0 Å². The van der Waals surface area contributed by atoms with Crippen LogP contribution in [0.25, 0.3) is 0 Å². The van der Waals surface area contributed by atoms with Crippen molar-refractivity contribution in [3.05, 3.63) is 35.9 Å². The number of carbonyl (C=O) groups is 1. The average Bonchev–Trinajstić information content (AvgIpc) is 2.40. The largest absolute Gasteiger partial charge is 0.481 e. The van der Waals surface area contributed by atoms with E-state index < -0.39 is 5.97 Å². The first-order valence-corrected chi connectivity index (χ1v) is 7.69. The summed E-state index contributed by atoms with van der Waals surface area (Å²) in [6, 6.07) is 10.5. The minimum absolute atomic E-state index is 0.0871. The Kier molecular flexibility index (Phi) is 5.12. The Balaban J connectivity index is 1.65. The lowest BCUT2D eigenvalue weighted by atomic mass is 9.89. The Morgan fingerprint density at radius 2 is 1.83 bits per heavy atom. The number of benzene rings is 1. The number of thioether (sulfide) groups is 1. The van der Waals surface area contributed by atoms with Gasteiger partial charge in [-0.3, -0.25) is 4.79 Å². The van der Waals surface area contributed by atoms with Gasteiger partial charge >= 0.3 is 5.97 Å². The lowest BCUT2D eigenvalue weighted by Crippen LogP contribution is -2.22. The van der Waals surface area contributed by atoms with Gasteiger partial charge in [-0.15, -0.1) is 0 Å². The van der Waals surface area contributed by atoms with E-state index >= 15 is 0 Å². The SMILES string of the molecule is O=C(O)C1CCC(SCCc2ccccc2)CC1. The van der Waals surface area contributed by atoms with Crippen molar-refractivity contribution in [3.63, 3.8) is 0 Å². The van der Waals surface area contributed by atoms with Crippen LogP contribution in [0.5, 0.6) is 0 Å². The molecule has 0 atom stereocenters. The normalized spacial score (nSPS) is 23.8. The van der Waals surface area contributed by atoms with Crippen molar-refractivity contribution in [3.8, 4) is 0 Å². The number of aliphatic carboxylic acids is 1. The van der Waals surface area contributed by atoms with Gasteiger partial charge < -0.3 is 5.11 Å². The molecule has 1 aliphatic carbocycles. The first-order valence-electron chi connectivity index (χ1n) is 6.64. The summed E-state index contributed by atoms with van der Waals surface area (Å²) < 4.78 is 0. The Morgan fingerprint density at radius 3 is 2.44 bits per heavy atom. The summed E-state index contributed by atoms with van der Waals surface area (Å²) in [4.78, 5) is 10.9. The third-order valence-electron chi connectivity index (χ3n) is 3.61. The molecule has 0 unspecified atom stereocenters. The summed E-state index contributed by atoms with van der Waals surface area (Å²) in [6.07, 6.45) is 4.97. The standard InChI is InChI=1S/C15H20O2S/c16-15(17)13-6-8-14(9-7-13)18-11-10-12-4-2-1-3-5-12/h1-5,13-14H,6-11H2,(H,16,17). The van der Waals surface area contributed by atoms with Crippen LogP contribution < -0.4 is 0 Å². The van der Waals surface area contributed by atoms with Gasteiger partial charge in [0.1, 0.15) is 0 Å². The van der Waals surface area contributed by atoms with Crippen molar-refractivity contribution >= 4 is 17.7 Å². The van der Waals surface area contributed by atoms with Gasteiger partial charge in [0.05, 0.1) is 5.92 Å². The van der Waals surface area contributed by atoms with Gasteiger partial charge in [0, 0.05) is 5.25 Å². The number of carboxylic acid groups (broad SMARTS) is 1. The quantitative estimate of drug-likeness (QED) is 0.882. The Hall–Kier alpha value is -0.960. The molecular formula is C15H20O2S. The van der Waals surface area contributed by atoms with Crippen molar-refractivity contribution < 1.29 is 9.90 Å². The third-order valence-corrected chi connectivity index (χ3v) is 4.99. The monoisotopic (exact) mass is 264 g/mol. The fraction of sp³-hybridized carbons (Fsp3) is 0.533. The number of rotatable bonds is 5. The molecule has 0 saturated heterocycles. The molecule has 2 nitrogen and oxygen atoms in total. The zero-order valence-electron chi connectivity index (χ0n) is 10.5. The summed E-state index contributed by atoms with van der Waals surface area (Å²) in [6.45, 7) is 0.